The Balaban J connectivity index is 2.22. The van der Waals surface area contributed by atoms with Crippen molar-refractivity contribution in [1.29, 1.82) is 0 Å². The highest BCUT2D eigenvalue weighted by Crippen LogP contribution is 2.31. The third kappa shape index (κ3) is 2.65. The molecule has 0 saturated heterocycles. The van der Waals surface area contributed by atoms with Crippen LogP contribution in [0.4, 0.5) is 0 Å². The minimum atomic E-state index is -0.873. The summed E-state index contributed by atoms with van der Waals surface area (Å²) in [5, 5.41) is 19.1. The lowest BCUT2D eigenvalue weighted by molar-refractivity contribution is -0.133. The molecule has 18 heavy (non-hydrogen) atoms. The van der Waals surface area contributed by atoms with E-state index >= 15 is 0 Å². The number of thioether (sulfide) groups is 1. The molecule has 0 saturated carbocycles. The second-order valence-corrected chi connectivity index (χ2v) is 5.25. The molecule has 2 aromatic heterocycles. The molecule has 0 radical (unpaired) electrons. The van der Waals surface area contributed by atoms with Gasteiger partial charge in [-0.3, -0.25) is 4.79 Å². The van der Waals surface area contributed by atoms with Gasteiger partial charge in [0.25, 0.3) is 0 Å². The van der Waals surface area contributed by atoms with E-state index in [-0.39, 0.29) is 5.75 Å². The molecule has 2 aromatic rings. The van der Waals surface area contributed by atoms with Crippen LogP contribution in [-0.4, -0.2) is 38.7 Å². The number of carbonyl (C=O) groups is 1. The smallest absolute Gasteiger partial charge is 0.313 e. The van der Waals surface area contributed by atoms with Crippen LogP contribution in [0.1, 0.15) is 0 Å². The van der Waals surface area contributed by atoms with Crippen molar-refractivity contribution in [2.75, 3.05) is 12.9 Å². The van der Waals surface area contributed by atoms with Gasteiger partial charge in [-0.25, -0.2) is 0 Å². The number of carboxylic acid groups (broad SMARTS) is 1. The van der Waals surface area contributed by atoms with Crippen molar-refractivity contribution in [1.82, 2.24) is 14.8 Å². The zero-order valence-electron chi connectivity index (χ0n) is 9.78. The van der Waals surface area contributed by atoms with E-state index in [1.54, 1.807) is 11.7 Å². The molecule has 2 rings (SSSR count). The third-order valence-corrected chi connectivity index (χ3v) is 4.10. The summed E-state index contributed by atoms with van der Waals surface area (Å²) in [5.74, 6) is 0.580. The van der Waals surface area contributed by atoms with E-state index in [1.807, 2.05) is 18.5 Å². The lowest BCUT2D eigenvalue weighted by atomic mass is 10.4. The fourth-order valence-electron chi connectivity index (χ4n) is 1.32. The zero-order valence-corrected chi connectivity index (χ0v) is 11.4. The Morgan fingerprint density at radius 2 is 2.39 bits per heavy atom. The first-order chi connectivity index (χ1) is 8.61. The fourth-order valence-corrected chi connectivity index (χ4v) is 2.83. The third-order valence-electron chi connectivity index (χ3n) is 2.19. The number of ether oxygens (including phenoxy) is 1. The average molecular weight is 285 g/mol. The van der Waals surface area contributed by atoms with Crippen LogP contribution in [0.3, 0.4) is 0 Å². The van der Waals surface area contributed by atoms with Crippen LogP contribution in [-0.2, 0) is 11.8 Å². The highest BCUT2D eigenvalue weighted by atomic mass is 32.2. The molecule has 0 aromatic carbocycles. The van der Waals surface area contributed by atoms with Gasteiger partial charge in [-0.05, 0) is 0 Å². The number of hydrogen-bond acceptors (Lipinski definition) is 6. The minimum absolute atomic E-state index is 0.0280. The van der Waals surface area contributed by atoms with Crippen LogP contribution in [0.15, 0.2) is 16.6 Å². The summed E-state index contributed by atoms with van der Waals surface area (Å²) in [5.41, 5.74) is 0. The van der Waals surface area contributed by atoms with E-state index in [0.717, 1.165) is 22.4 Å². The van der Waals surface area contributed by atoms with Crippen molar-refractivity contribution >= 4 is 29.1 Å². The minimum Gasteiger partial charge on any atom is -0.496 e. The molecule has 2 heterocycles. The zero-order chi connectivity index (χ0) is 13.1. The second kappa shape index (κ2) is 5.40. The van der Waals surface area contributed by atoms with E-state index in [4.69, 9.17) is 9.84 Å². The molecule has 0 unspecified atom stereocenters. The van der Waals surface area contributed by atoms with Gasteiger partial charge in [-0.2, -0.15) is 0 Å². The average Bonchev–Trinajstić information content (AvgIpc) is 2.93. The molecule has 0 fully saturated rings. The van der Waals surface area contributed by atoms with Crippen LogP contribution >= 0.6 is 23.1 Å². The summed E-state index contributed by atoms with van der Waals surface area (Å²) < 4.78 is 6.89. The molecule has 6 nitrogen and oxygen atoms in total. The number of nitrogens with zero attached hydrogens (tertiary/aromatic N) is 3. The van der Waals surface area contributed by atoms with Gasteiger partial charge < -0.3 is 14.4 Å². The Labute approximate surface area is 112 Å². The quantitative estimate of drug-likeness (QED) is 0.843. The number of hydrogen-bond donors (Lipinski definition) is 1. The van der Waals surface area contributed by atoms with Crippen molar-refractivity contribution in [3.63, 3.8) is 0 Å². The molecule has 0 aliphatic rings. The topological polar surface area (TPSA) is 77.2 Å². The summed E-state index contributed by atoms with van der Waals surface area (Å²) in [6.45, 7) is 0. The van der Waals surface area contributed by atoms with Crippen molar-refractivity contribution in [2.24, 2.45) is 7.05 Å². The SMILES string of the molecule is COc1csc(-c2nnc(SCC(=O)O)n2C)c1. The standard InChI is InChI=1S/C10H11N3O3S2/c1-13-9(7-3-6(16-2)4-17-7)11-12-10(13)18-5-8(14)15/h3-4H,5H2,1-2H3,(H,14,15). The Morgan fingerprint density at radius 3 is 3.00 bits per heavy atom. The summed E-state index contributed by atoms with van der Waals surface area (Å²) in [4.78, 5) is 11.4. The van der Waals surface area contributed by atoms with Crippen molar-refractivity contribution in [3.05, 3.63) is 11.4 Å². The number of aromatic nitrogens is 3. The molecule has 8 heteroatoms. The molecular formula is C10H11N3O3S2. The molecule has 0 atom stereocenters. The van der Waals surface area contributed by atoms with Crippen molar-refractivity contribution < 1.29 is 14.6 Å². The van der Waals surface area contributed by atoms with Gasteiger partial charge >= 0.3 is 5.97 Å². The van der Waals surface area contributed by atoms with Gasteiger partial charge in [0.15, 0.2) is 11.0 Å². The maximum Gasteiger partial charge on any atom is 0.313 e. The summed E-state index contributed by atoms with van der Waals surface area (Å²) in [6.07, 6.45) is 0. The first-order valence-corrected chi connectivity index (χ1v) is 6.85. The molecule has 0 bridgehead atoms. The van der Waals surface area contributed by atoms with Crippen LogP contribution in [0.25, 0.3) is 10.7 Å². The Bertz CT molecular complexity index is 564. The van der Waals surface area contributed by atoms with Gasteiger partial charge in [-0.1, -0.05) is 11.8 Å². The van der Waals surface area contributed by atoms with Crippen LogP contribution in [0, 0.1) is 0 Å². The number of rotatable bonds is 5. The van der Waals surface area contributed by atoms with E-state index in [9.17, 15) is 4.79 Å². The largest absolute Gasteiger partial charge is 0.496 e. The van der Waals surface area contributed by atoms with Gasteiger partial charge in [-0.15, -0.1) is 21.5 Å². The first-order valence-electron chi connectivity index (χ1n) is 4.98. The summed E-state index contributed by atoms with van der Waals surface area (Å²) in [7, 11) is 3.42. The molecule has 1 N–H and O–H groups in total. The summed E-state index contributed by atoms with van der Waals surface area (Å²) >= 11 is 2.65. The lowest BCUT2D eigenvalue weighted by Gasteiger charge is -2.00. The van der Waals surface area contributed by atoms with E-state index in [2.05, 4.69) is 10.2 Å². The predicted molar refractivity (Wildman–Crippen MR) is 69.2 cm³/mol. The normalized spacial score (nSPS) is 10.6. The Morgan fingerprint density at radius 1 is 1.61 bits per heavy atom. The number of aliphatic carboxylic acids is 1. The van der Waals surface area contributed by atoms with Gasteiger partial charge in [0.05, 0.1) is 17.7 Å². The Hall–Kier alpha value is -1.54. The molecule has 0 aliphatic carbocycles. The van der Waals surface area contributed by atoms with Crippen LogP contribution < -0.4 is 4.74 Å². The molecule has 0 spiro atoms. The first kappa shape index (κ1) is 12.9. The van der Waals surface area contributed by atoms with E-state index < -0.39 is 5.97 Å². The predicted octanol–water partition coefficient (Wildman–Crippen LogP) is 1.73. The monoisotopic (exact) mass is 285 g/mol. The van der Waals surface area contributed by atoms with Gasteiger partial charge in [0.2, 0.25) is 0 Å². The highest BCUT2D eigenvalue weighted by Gasteiger charge is 2.14. The number of methoxy groups -OCH3 is 1. The van der Waals surface area contributed by atoms with E-state index in [1.165, 1.54) is 11.3 Å². The molecular weight excluding hydrogens is 274 g/mol. The van der Waals surface area contributed by atoms with Crippen LogP contribution in [0.5, 0.6) is 5.75 Å². The maximum atomic E-state index is 10.5. The number of carboxylic acids is 1. The second-order valence-electron chi connectivity index (χ2n) is 3.40. The van der Waals surface area contributed by atoms with Gasteiger partial charge in [0.1, 0.15) is 5.75 Å². The number of thiophene rings is 1. The van der Waals surface area contributed by atoms with Crippen molar-refractivity contribution in [2.45, 2.75) is 5.16 Å². The van der Waals surface area contributed by atoms with Gasteiger partial charge in [0, 0.05) is 18.5 Å². The lowest BCUT2D eigenvalue weighted by Crippen LogP contribution is -2.00. The fraction of sp³-hybridized carbons (Fsp3) is 0.300. The Kier molecular flexibility index (Phi) is 3.87. The van der Waals surface area contributed by atoms with Crippen LogP contribution in [0.2, 0.25) is 0 Å². The molecule has 0 aliphatic heterocycles. The van der Waals surface area contributed by atoms with Crippen molar-refractivity contribution in [3.8, 4) is 16.5 Å². The molecule has 96 valence electrons. The molecule has 0 amide bonds. The highest BCUT2D eigenvalue weighted by molar-refractivity contribution is 7.99. The van der Waals surface area contributed by atoms with E-state index in [0.29, 0.717) is 11.0 Å². The maximum absolute atomic E-state index is 10.5. The summed E-state index contributed by atoms with van der Waals surface area (Å²) in [6, 6.07) is 1.88.